The fourth-order valence-corrected chi connectivity index (χ4v) is 2.16. The second-order valence-electron chi connectivity index (χ2n) is 4.92. The fraction of sp³-hybridized carbons (Fsp3) is 0.692. The highest BCUT2D eigenvalue weighted by atomic mass is 16.3. The molecule has 1 aromatic rings. The van der Waals surface area contributed by atoms with Crippen LogP contribution in [0.2, 0.25) is 0 Å². The number of rotatable bonds is 7. The first-order chi connectivity index (χ1) is 7.79. The molecule has 0 spiro atoms. The first kappa shape index (κ1) is 11.7. The molecule has 1 saturated carbocycles. The molecule has 90 valence electrons. The third-order valence-corrected chi connectivity index (χ3v) is 3.21. The molecule has 2 N–H and O–H groups in total. The van der Waals surface area contributed by atoms with Gasteiger partial charge in [0, 0.05) is 12.6 Å². The summed E-state index contributed by atoms with van der Waals surface area (Å²) < 4.78 is 5.42. The van der Waals surface area contributed by atoms with Crippen molar-refractivity contribution >= 4 is 0 Å². The van der Waals surface area contributed by atoms with Crippen molar-refractivity contribution in [3.8, 4) is 0 Å². The minimum atomic E-state index is 0.681. The molecule has 1 aliphatic carbocycles. The van der Waals surface area contributed by atoms with Crippen molar-refractivity contribution in [2.24, 2.45) is 11.7 Å². The number of hydrogen-bond acceptors (Lipinski definition) is 3. The van der Waals surface area contributed by atoms with E-state index >= 15 is 0 Å². The molecule has 16 heavy (non-hydrogen) atoms. The molecule has 0 bridgehead atoms. The largest absolute Gasteiger partial charge is 0.468 e. The SMILES string of the molecule is CC(CCN)CN(Cc1ccco1)C1CC1. The monoisotopic (exact) mass is 222 g/mol. The lowest BCUT2D eigenvalue weighted by molar-refractivity contribution is 0.200. The van der Waals surface area contributed by atoms with Crippen molar-refractivity contribution in [3.05, 3.63) is 24.2 Å². The van der Waals surface area contributed by atoms with Gasteiger partial charge in [-0.15, -0.1) is 0 Å². The van der Waals surface area contributed by atoms with E-state index in [0.29, 0.717) is 5.92 Å². The molecule has 1 heterocycles. The van der Waals surface area contributed by atoms with Gasteiger partial charge in [0.2, 0.25) is 0 Å². The summed E-state index contributed by atoms with van der Waals surface area (Å²) in [6, 6.07) is 4.80. The standard InChI is InChI=1S/C13H22N2O/c1-11(6-7-14)9-15(12-4-5-12)10-13-3-2-8-16-13/h2-3,8,11-12H,4-7,9-10,14H2,1H3. The summed E-state index contributed by atoms with van der Waals surface area (Å²) in [6.07, 6.45) is 5.55. The van der Waals surface area contributed by atoms with Crippen LogP contribution in [0.25, 0.3) is 0 Å². The van der Waals surface area contributed by atoms with Gasteiger partial charge in [0.15, 0.2) is 0 Å². The second kappa shape index (κ2) is 5.51. The number of nitrogens with zero attached hydrogens (tertiary/aromatic N) is 1. The van der Waals surface area contributed by atoms with Crippen LogP contribution in [0.4, 0.5) is 0 Å². The van der Waals surface area contributed by atoms with Gasteiger partial charge in [0.1, 0.15) is 5.76 Å². The smallest absolute Gasteiger partial charge is 0.117 e. The predicted octanol–water partition coefficient (Wildman–Crippen LogP) is 2.23. The maximum Gasteiger partial charge on any atom is 0.117 e. The molecular formula is C13H22N2O. The number of hydrogen-bond donors (Lipinski definition) is 1. The first-order valence-corrected chi connectivity index (χ1v) is 6.26. The second-order valence-corrected chi connectivity index (χ2v) is 4.92. The Morgan fingerprint density at radius 1 is 1.56 bits per heavy atom. The molecule has 0 aliphatic heterocycles. The molecule has 1 aromatic heterocycles. The summed E-state index contributed by atoms with van der Waals surface area (Å²) in [6.45, 7) is 5.17. The van der Waals surface area contributed by atoms with Crippen LogP contribution in [0.15, 0.2) is 22.8 Å². The van der Waals surface area contributed by atoms with Crippen LogP contribution in [-0.2, 0) is 6.54 Å². The van der Waals surface area contributed by atoms with Gasteiger partial charge in [-0.05, 0) is 43.9 Å². The third kappa shape index (κ3) is 3.35. The van der Waals surface area contributed by atoms with Crippen molar-refractivity contribution in [1.82, 2.24) is 4.90 Å². The first-order valence-electron chi connectivity index (χ1n) is 6.26. The van der Waals surface area contributed by atoms with Gasteiger partial charge in [0.25, 0.3) is 0 Å². The average Bonchev–Trinajstić information content (AvgIpc) is 2.98. The summed E-state index contributed by atoms with van der Waals surface area (Å²) in [4.78, 5) is 2.54. The normalized spacial score (nSPS) is 17.9. The lowest BCUT2D eigenvalue weighted by Crippen LogP contribution is -2.31. The Kier molecular flexibility index (Phi) is 4.02. The van der Waals surface area contributed by atoms with Gasteiger partial charge >= 0.3 is 0 Å². The molecular weight excluding hydrogens is 200 g/mol. The lowest BCUT2D eigenvalue weighted by Gasteiger charge is -2.24. The van der Waals surface area contributed by atoms with E-state index in [0.717, 1.165) is 37.9 Å². The molecule has 2 rings (SSSR count). The Bertz CT molecular complexity index is 293. The molecule has 1 fully saturated rings. The Morgan fingerprint density at radius 2 is 2.38 bits per heavy atom. The summed E-state index contributed by atoms with van der Waals surface area (Å²) in [5.74, 6) is 1.76. The van der Waals surface area contributed by atoms with Crippen molar-refractivity contribution in [2.75, 3.05) is 13.1 Å². The molecule has 3 heteroatoms. The van der Waals surface area contributed by atoms with Gasteiger partial charge in [-0.2, -0.15) is 0 Å². The van der Waals surface area contributed by atoms with Crippen molar-refractivity contribution in [3.63, 3.8) is 0 Å². The zero-order chi connectivity index (χ0) is 11.4. The van der Waals surface area contributed by atoms with E-state index in [1.165, 1.54) is 12.8 Å². The topological polar surface area (TPSA) is 42.4 Å². The van der Waals surface area contributed by atoms with E-state index in [2.05, 4.69) is 17.9 Å². The maximum atomic E-state index is 5.60. The van der Waals surface area contributed by atoms with Gasteiger partial charge in [-0.25, -0.2) is 0 Å². The predicted molar refractivity (Wildman–Crippen MR) is 65.0 cm³/mol. The molecule has 1 atom stereocenters. The van der Waals surface area contributed by atoms with E-state index in [9.17, 15) is 0 Å². The Morgan fingerprint density at radius 3 is 2.94 bits per heavy atom. The average molecular weight is 222 g/mol. The summed E-state index contributed by atoms with van der Waals surface area (Å²) >= 11 is 0. The van der Waals surface area contributed by atoms with E-state index in [1.807, 2.05) is 6.07 Å². The van der Waals surface area contributed by atoms with Crippen LogP contribution in [0.5, 0.6) is 0 Å². The van der Waals surface area contributed by atoms with Crippen LogP contribution in [0, 0.1) is 5.92 Å². The van der Waals surface area contributed by atoms with Gasteiger partial charge < -0.3 is 10.2 Å². The summed E-state index contributed by atoms with van der Waals surface area (Å²) in [5, 5.41) is 0. The molecule has 3 nitrogen and oxygen atoms in total. The number of furan rings is 1. The highest BCUT2D eigenvalue weighted by Crippen LogP contribution is 2.29. The highest BCUT2D eigenvalue weighted by molar-refractivity contribution is 4.99. The Labute approximate surface area is 97.6 Å². The molecule has 0 aromatic carbocycles. The van der Waals surface area contributed by atoms with E-state index < -0.39 is 0 Å². The summed E-state index contributed by atoms with van der Waals surface area (Å²) in [7, 11) is 0. The van der Waals surface area contributed by atoms with Crippen LogP contribution in [-0.4, -0.2) is 24.0 Å². The van der Waals surface area contributed by atoms with Gasteiger partial charge in [0.05, 0.1) is 12.8 Å². The Hall–Kier alpha value is -0.800. The maximum absolute atomic E-state index is 5.60. The zero-order valence-corrected chi connectivity index (χ0v) is 10.1. The zero-order valence-electron chi connectivity index (χ0n) is 10.1. The van der Waals surface area contributed by atoms with Crippen molar-refractivity contribution in [2.45, 2.75) is 38.8 Å². The quantitative estimate of drug-likeness (QED) is 0.769. The van der Waals surface area contributed by atoms with Crippen LogP contribution < -0.4 is 5.73 Å². The van der Waals surface area contributed by atoms with E-state index in [4.69, 9.17) is 10.2 Å². The fourth-order valence-electron chi connectivity index (χ4n) is 2.16. The highest BCUT2D eigenvalue weighted by Gasteiger charge is 2.30. The van der Waals surface area contributed by atoms with Crippen LogP contribution in [0.3, 0.4) is 0 Å². The molecule has 0 saturated heterocycles. The van der Waals surface area contributed by atoms with E-state index in [-0.39, 0.29) is 0 Å². The van der Waals surface area contributed by atoms with E-state index in [1.54, 1.807) is 6.26 Å². The number of nitrogens with two attached hydrogens (primary N) is 1. The third-order valence-electron chi connectivity index (χ3n) is 3.21. The van der Waals surface area contributed by atoms with Crippen molar-refractivity contribution in [1.29, 1.82) is 0 Å². The van der Waals surface area contributed by atoms with Gasteiger partial charge in [-0.3, -0.25) is 4.90 Å². The lowest BCUT2D eigenvalue weighted by atomic mass is 10.1. The molecule has 0 radical (unpaired) electrons. The van der Waals surface area contributed by atoms with Crippen LogP contribution in [0.1, 0.15) is 31.9 Å². The molecule has 1 unspecified atom stereocenters. The molecule has 0 amide bonds. The van der Waals surface area contributed by atoms with Crippen molar-refractivity contribution < 1.29 is 4.42 Å². The Balaban J connectivity index is 1.85. The minimum Gasteiger partial charge on any atom is -0.468 e. The van der Waals surface area contributed by atoms with Gasteiger partial charge in [-0.1, -0.05) is 6.92 Å². The summed E-state index contributed by atoms with van der Waals surface area (Å²) in [5.41, 5.74) is 5.60. The van der Waals surface area contributed by atoms with Crippen LogP contribution >= 0.6 is 0 Å². The molecule has 1 aliphatic rings. The minimum absolute atomic E-state index is 0.681.